The number of aromatic nitrogens is 2. The maximum Gasteiger partial charge on any atom is 0.411 e. The van der Waals surface area contributed by atoms with Crippen molar-refractivity contribution in [3.63, 3.8) is 0 Å². The highest BCUT2D eigenvalue weighted by atomic mass is 35.5. The minimum absolute atomic E-state index is 0.208. The van der Waals surface area contributed by atoms with Gasteiger partial charge in [0.2, 0.25) is 0 Å². The number of amides is 2. The SMILES string of the molecule is Cc1nc(C2CNCCN2C(=O)OC(C)(C)C)nc(C)c1C(=O)NC1C(C)(C)C(Oc2ccc(C#N)c(Cl)c2)C1(C)C. The molecule has 0 radical (unpaired) electrons. The van der Waals surface area contributed by atoms with Crippen LogP contribution >= 0.6 is 11.6 Å². The van der Waals surface area contributed by atoms with Gasteiger partial charge in [-0.1, -0.05) is 39.3 Å². The Hall–Kier alpha value is -3.42. The van der Waals surface area contributed by atoms with Gasteiger partial charge in [0.1, 0.15) is 29.6 Å². The lowest BCUT2D eigenvalue weighted by molar-refractivity contribution is -0.164. The fourth-order valence-electron chi connectivity index (χ4n) is 6.49. The van der Waals surface area contributed by atoms with Gasteiger partial charge in [0.15, 0.2) is 5.82 Å². The van der Waals surface area contributed by atoms with E-state index >= 15 is 0 Å². The summed E-state index contributed by atoms with van der Waals surface area (Å²) in [5.74, 6) is 0.787. The predicted octanol–water partition coefficient (Wildman–Crippen LogP) is 5.11. The number of piperazine rings is 1. The van der Waals surface area contributed by atoms with E-state index in [0.717, 1.165) is 0 Å². The molecule has 2 fully saturated rings. The van der Waals surface area contributed by atoms with Crippen molar-refractivity contribution in [1.29, 1.82) is 5.26 Å². The minimum atomic E-state index is -0.622. The van der Waals surface area contributed by atoms with E-state index in [1.165, 1.54) is 0 Å². The van der Waals surface area contributed by atoms with Gasteiger partial charge in [-0.15, -0.1) is 0 Å². The van der Waals surface area contributed by atoms with Gasteiger partial charge in [-0.25, -0.2) is 14.8 Å². The maximum absolute atomic E-state index is 13.7. The topological polar surface area (TPSA) is 129 Å². The number of aryl methyl sites for hydroxylation is 2. The average molecular weight is 597 g/mol. The van der Waals surface area contributed by atoms with Crippen molar-refractivity contribution >= 4 is 23.6 Å². The summed E-state index contributed by atoms with van der Waals surface area (Å²) in [5, 5.41) is 16.0. The number of benzene rings is 1. The van der Waals surface area contributed by atoms with Crippen LogP contribution < -0.4 is 15.4 Å². The van der Waals surface area contributed by atoms with Gasteiger partial charge >= 0.3 is 6.09 Å². The van der Waals surface area contributed by atoms with Crippen LogP contribution in [0.4, 0.5) is 4.79 Å². The first kappa shape index (κ1) is 31.5. The molecule has 0 spiro atoms. The number of nitriles is 1. The molecule has 10 nitrogen and oxygen atoms in total. The lowest BCUT2D eigenvalue weighted by Crippen LogP contribution is -2.74. The Bertz CT molecular complexity index is 1390. The zero-order valence-corrected chi connectivity index (χ0v) is 26.6. The molecule has 1 aliphatic heterocycles. The van der Waals surface area contributed by atoms with Crippen molar-refractivity contribution in [3.05, 3.63) is 51.6 Å². The van der Waals surface area contributed by atoms with E-state index in [1.807, 2.05) is 20.8 Å². The number of carbonyl (C=O) groups is 2. The molecule has 1 unspecified atom stereocenters. The van der Waals surface area contributed by atoms with Gasteiger partial charge in [0, 0.05) is 42.6 Å². The summed E-state index contributed by atoms with van der Waals surface area (Å²) < 4.78 is 12.0. The summed E-state index contributed by atoms with van der Waals surface area (Å²) in [5.41, 5.74) is 0.440. The second-order valence-electron chi connectivity index (χ2n) is 13.3. The van der Waals surface area contributed by atoms with E-state index in [2.05, 4.69) is 44.4 Å². The Morgan fingerprint density at radius 1 is 1.14 bits per heavy atom. The highest BCUT2D eigenvalue weighted by Crippen LogP contribution is 2.55. The number of hydrogen-bond donors (Lipinski definition) is 2. The molecule has 1 aromatic heterocycles. The van der Waals surface area contributed by atoms with E-state index in [4.69, 9.17) is 31.0 Å². The number of nitrogens with zero attached hydrogens (tertiary/aromatic N) is 4. The zero-order chi connectivity index (χ0) is 31.2. The zero-order valence-electron chi connectivity index (χ0n) is 25.9. The Balaban J connectivity index is 1.52. The normalized spacial score (nSPS) is 22.9. The lowest BCUT2D eigenvalue weighted by atomic mass is 9.49. The van der Waals surface area contributed by atoms with Crippen LogP contribution in [0.15, 0.2) is 18.2 Å². The summed E-state index contributed by atoms with van der Waals surface area (Å²) in [4.78, 5) is 37.7. The summed E-state index contributed by atoms with van der Waals surface area (Å²) >= 11 is 6.22. The van der Waals surface area contributed by atoms with E-state index < -0.39 is 28.6 Å². The van der Waals surface area contributed by atoms with Crippen LogP contribution in [-0.2, 0) is 4.74 Å². The van der Waals surface area contributed by atoms with Gasteiger partial charge < -0.3 is 20.1 Å². The largest absolute Gasteiger partial charge is 0.489 e. The van der Waals surface area contributed by atoms with Crippen LogP contribution in [0.25, 0.3) is 0 Å². The number of halogens is 1. The molecule has 0 bridgehead atoms. The smallest absolute Gasteiger partial charge is 0.411 e. The molecule has 2 heterocycles. The average Bonchev–Trinajstić information content (AvgIpc) is 2.88. The van der Waals surface area contributed by atoms with Crippen LogP contribution in [-0.4, -0.2) is 64.2 Å². The monoisotopic (exact) mass is 596 g/mol. The molecule has 2 N–H and O–H groups in total. The fourth-order valence-corrected chi connectivity index (χ4v) is 6.71. The summed E-state index contributed by atoms with van der Waals surface area (Å²) in [7, 11) is 0. The van der Waals surface area contributed by atoms with Gasteiger partial charge in [-0.2, -0.15) is 5.26 Å². The number of nitrogens with one attached hydrogen (secondary N) is 2. The first-order valence-electron chi connectivity index (χ1n) is 14.2. The molecule has 1 saturated heterocycles. The third-order valence-electron chi connectivity index (χ3n) is 8.11. The standard InChI is InChI=1S/C31H41ClN6O4/c1-17-23(18(2)36-24(35-17)22-16-34-12-13-38(22)28(40)42-29(3,4)5)25(39)37-26-30(6,7)27(31(26,8)9)41-20-11-10-19(15-33)21(32)14-20/h10-11,14,22,26-27,34H,12-13,16H2,1-9H3,(H,37,39). The summed E-state index contributed by atoms with van der Waals surface area (Å²) in [6.45, 7) is 18.9. The highest BCUT2D eigenvalue weighted by Gasteiger charge is 2.64. The molecule has 2 aliphatic rings. The van der Waals surface area contributed by atoms with Crippen LogP contribution in [0.3, 0.4) is 0 Å². The van der Waals surface area contributed by atoms with E-state index in [9.17, 15) is 14.9 Å². The highest BCUT2D eigenvalue weighted by molar-refractivity contribution is 6.31. The van der Waals surface area contributed by atoms with Gasteiger partial charge in [0.25, 0.3) is 5.91 Å². The molecule has 1 saturated carbocycles. The van der Waals surface area contributed by atoms with Crippen LogP contribution in [0.2, 0.25) is 5.02 Å². The third kappa shape index (κ3) is 6.04. The van der Waals surface area contributed by atoms with Crippen molar-refractivity contribution in [3.8, 4) is 11.8 Å². The summed E-state index contributed by atoms with van der Waals surface area (Å²) in [6, 6.07) is 6.46. The first-order chi connectivity index (χ1) is 19.5. The molecule has 11 heteroatoms. The van der Waals surface area contributed by atoms with E-state index in [-0.39, 0.29) is 18.1 Å². The Labute approximate surface area is 253 Å². The third-order valence-corrected chi connectivity index (χ3v) is 8.43. The number of carbonyl (C=O) groups excluding carboxylic acids is 2. The van der Waals surface area contributed by atoms with Crippen LogP contribution in [0.1, 0.15) is 87.6 Å². The summed E-state index contributed by atoms with van der Waals surface area (Å²) in [6.07, 6.45) is -0.637. The lowest BCUT2D eigenvalue weighted by Gasteiger charge is -2.63. The Kier molecular flexibility index (Phi) is 8.51. The van der Waals surface area contributed by atoms with Gasteiger partial charge in [-0.05, 0) is 46.8 Å². The van der Waals surface area contributed by atoms with Gasteiger partial charge in [0.05, 0.1) is 27.5 Å². The predicted molar refractivity (Wildman–Crippen MR) is 159 cm³/mol. The Morgan fingerprint density at radius 3 is 2.31 bits per heavy atom. The molecule has 4 rings (SSSR count). The van der Waals surface area contributed by atoms with Crippen molar-refractivity contribution in [2.45, 2.75) is 86.1 Å². The fraction of sp³-hybridized carbons (Fsp3) is 0.581. The molecule has 2 aromatic rings. The van der Waals surface area contributed by atoms with Crippen LogP contribution in [0, 0.1) is 36.0 Å². The van der Waals surface area contributed by atoms with Crippen molar-refractivity contribution in [1.82, 2.24) is 25.5 Å². The number of rotatable bonds is 5. The maximum atomic E-state index is 13.7. The van der Waals surface area contributed by atoms with E-state index in [1.54, 1.807) is 36.9 Å². The molecule has 1 aromatic carbocycles. The van der Waals surface area contributed by atoms with Crippen molar-refractivity contribution in [2.24, 2.45) is 10.8 Å². The number of hydrogen-bond acceptors (Lipinski definition) is 8. The molecule has 1 atom stereocenters. The molecule has 2 amide bonds. The van der Waals surface area contributed by atoms with Gasteiger partial charge in [-0.3, -0.25) is 9.69 Å². The second-order valence-corrected chi connectivity index (χ2v) is 13.7. The second kappa shape index (κ2) is 11.3. The van der Waals surface area contributed by atoms with Crippen molar-refractivity contribution < 1.29 is 19.1 Å². The van der Waals surface area contributed by atoms with Crippen LogP contribution in [0.5, 0.6) is 5.75 Å². The van der Waals surface area contributed by atoms with Crippen molar-refractivity contribution in [2.75, 3.05) is 19.6 Å². The quantitative estimate of drug-likeness (QED) is 0.487. The first-order valence-corrected chi connectivity index (χ1v) is 14.6. The molecule has 226 valence electrons. The minimum Gasteiger partial charge on any atom is -0.489 e. The molecular formula is C31H41ClN6O4. The number of ether oxygens (including phenoxy) is 2. The molecular weight excluding hydrogens is 556 g/mol. The molecule has 42 heavy (non-hydrogen) atoms. The molecule has 1 aliphatic carbocycles. The Morgan fingerprint density at radius 2 is 1.76 bits per heavy atom. The van der Waals surface area contributed by atoms with E-state index in [0.29, 0.717) is 58.7 Å².